The molecule has 0 spiro atoms. The van der Waals surface area contributed by atoms with Crippen molar-refractivity contribution in [3.05, 3.63) is 41.7 Å². The number of nitrogens with one attached hydrogen (secondary N) is 1. The Hall–Kier alpha value is -2.52. The van der Waals surface area contributed by atoms with Gasteiger partial charge in [0, 0.05) is 19.6 Å². The van der Waals surface area contributed by atoms with E-state index in [-0.39, 0.29) is 24.2 Å². The number of amides is 1. The fraction of sp³-hybridized carbons (Fsp3) is 0.389. The maximum Gasteiger partial charge on any atom is 0.287 e. The van der Waals surface area contributed by atoms with Gasteiger partial charge in [0.25, 0.3) is 15.9 Å². The molecule has 27 heavy (non-hydrogen) atoms. The first-order chi connectivity index (χ1) is 13.0. The van der Waals surface area contributed by atoms with Gasteiger partial charge in [0.15, 0.2) is 17.3 Å². The SMILES string of the molecule is O=C(NCc1ccc2c(c1)OCO2)c1ccc(S(=O)(=O)N2CCCCC2)o1. The molecule has 2 aliphatic heterocycles. The zero-order valence-corrected chi connectivity index (χ0v) is 15.5. The summed E-state index contributed by atoms with van der Waals surface area (Å²) in [6.07, 6.45) is 2.70. The van der Waals surface area contributed by atoms with Crippen LogP contribution < -0.4 is 14.8 Å². The summed E-state index contributed by atoms with van der Waals surface area (Å²) in [5.74, 6) is 0.789. The molecule has 1 aromatic heterocycles. The summed E-state index contributed by atoms with van der Waals surface area (Å²) in [5, 5.41) is 2.52. The standard InChI is InChI=1S/C18H20N2O6S/c21-18(19-11-13-4-5-14-16(10-13)25-12-24-14)15-6-7-17(26-15)27(22,23)20-8-2-1-3-9-20/h4-7,10H,1-3,8-9,11-12H2,(H,19,21). The van der Waals surface area contributed by atoms with Gasteiger partial charge < -0.3 is 19.2 Å². The minimum atomic E-state index is -3.69. The largest absolute Gasteiger partial charge is 0.454 e. The van der Waals surface area contributed by atoms with E-state index in [1.165, 1.54) is 16.4 Å². The number of carbonyl (C=O) groups excluding carboxylic acids is 1. The van der Waals surface area contributed by atoms with Crippen molar-refractivity contribution in [2.24, 2.45) is 0 Å². The molecule has 0 saturated carbocycles. The Balaban J connectivity index is 1.41. The Morgan fingerprint density at radius 2 is 1.81 bits per heavy atom. The number of fused-ring (bicyclic) bond motifs is 1. The van der Waals surface area contributed by atoms with E-state index < -0.39 is 15.9 Å². The topological polar surface area (TPSA) is 98.1 Å². The van der Waals surface area contributed by atoms with E-state index in [1.54, 1.807) is 12.1 Å². The normalized spacial score (nSPS) is 17.0. The fourth-order valence-corrected chi connectivity index (χ4v) is 4.56. The number of hydrogen-bond acceptors (Lipinski definition) is 6. The highest BCUT2D eigenvalue weighted by molar-refractivity contribution is 7.89. The first-order valence-electron chi connectivity index (χ1n) is 8.81. The summed E-state index contributed by atoms with van der Waals surface area (Å²) in [5.41, 5.74) is 0.834. The Bertz CT molecular complexity index is 947. The van der Waals surface area contributed by atoms with Crippen molar-refractivity contribution >= 4 is 15.9 Å². The van der Waals surface area contributed by atoms with Gasteiger partial charge in [-0.1, -0.05) is 12.5 Å². The molecule has 144 valence electrons. The van der Waals surface area contributed by atoms with Gasteiger partial charge in [-0.25, -0.2) is 8.42 Å². The van der Waals surface area contributed by atoms with E-state index in [0.29, 0.717) is 24.6 Å². The zero-order valence-electron chi connectivity index (χ0n) is 14.6. The van der Waals surface area contributed by atoms with E-state index in [4.69, 9.17) is 13.9 Å². The van der Waals surface area contributed by atoms with Crippen molar-refractivity contribution in [3.8, 4) is 11.5 Å². The van der Waals surface area contributed by atoms with Crippen LogP contribution in [0.25, 0.3) is 0 Å². The van der Waals surface area contributed by atoms with E-state index in [1.807, 2.05) is 6.07 Å². The highest BCUT2D eigenvalue weighted by Crippen LogP contribution is 2.32. The second kappa shape index (κ2) is 7.24. The van der Waals surface area contributed by atoms with Gasteiger partial charge in [0.05, 0.1) is 0 Å². The molecule has 0 atom stereocenters. The van der Waals surface area contributed by atoms with Crippen LogP contribution in [0.15, 0.2) is 39.8 Å². The average Bonchev–Trinajstić information content (AvgIpc) is 3.36. The molecule has 4 rings (SSSR count). The summed E-state index contributed by atoms with van der Waals surface area (Å²) in [7, 11) is -3.69. The second-order valence-corrected chi connectivity index (χ2v) is 8.32. The van der Waals surface area contributed by atoms with E-state index in [2.05, 4.69) is 5.32 Å². The maximum absolute atomic E-state index is 12.6. The van der Waals surface area contributed by atoms with Gasteiger partial charge in [0.1, 0.15) is 0 Å². The van der Waals surface area contributed by atoms with Gasteiger partial charge in [-0.05, 0) is 42.7 Å². The first kappa shape index (κ1) is 17.9. The third kappa shape index (κ3) is 3.65. The lowest BCUT2D eigenvalue weighted by molar-refractivity contribution is 0.0917. The lowest BCUT2D eigenvalue weighted by Gasteiger charge is -2.24. The number of benzene rings is 1. The highest BCUT2D eigenvalue weighted by atomic mass is 32.2. The molecule has 1 saturated heterocycles. The Morgan fingerprint density at radius 1 is 1.04 bits per heavy atom. The van der Waals surface area contributed by atoms with Crippen LogP contribution in [-0.4, -0.2) is 38.5 Å². The summed E-state index contributed by atoms with van der Waals surface area (Å²) < 4.78 is 42.5. The molecule has 9 heteroatoms. The van der Waals surface area contributed by atoms with Crippen molar-refractivity contribution in [1.29, 1.82) is 0 Å². The third-order valence-electron chi connectivity index (χ3n) is 4.60. The quantitative estimate of drug-likeness (QED) is 0.837. The minimum absolute atomic E-state index is 0.0358. The van der Waals surface area contributed by atoms with Crippen LogP contribution >= 0.6 is 0 Å². The first-order valence-corrected chi connectivity index (χ1v) is 10.2. The number of piperidine rings is 1. The summed E-state index contributed by atoms with van der Waals surface area (Å²) in [4.78, 5) is 12.3. The number of rotatable bonds is 5. The van der Waals surface area contributed by atoms with Gasteiger partial charge in [0.2, 0.25) is 11.9 Å². The number of nitrogens with zero attached hydrogens (tertiary/aromatic N) is 1. The molecular formula is C18H20N2O6S. The molecule has 2 aliphatic rings. The Labute approximate surface area is 157 Å². The molecule has 1 N–H and O–H groups in total. The molecule has 1 amide bonds. The fourth-order valence-electron chi connectivity index (χ4n) is 3.13. The van der Waals surface area contributed by atoms with Gasteiger partial charge >= 0.3 is 0 Å². The number of hydrogen-bond donors (Lipinski definition) is 1. The monoisotopic (exact) mass is 392 g/mol. The molecule has 0 aliphatic carbocycles. The number of furan rings is 1. The lowest BCUT2D eigenvalue weighted by Crippen LogP contribution is -2.35. The van der Waals surface area contributed by atoms with Crippen LogP contribution in [0.5, 0.6) is 11.5 Å². The molecule has 0 unspecified atom stereocenters. The van der Waals surface area contributed by atoms with Crippen molar-refractivity contribution in [2.75, 3.05) is 19.9 Å². The van der Waals surface area contributed by atoms with E-state index in [9.17, 15) is 13.2 Å². The summed E-state index contributed by atoms with van der Waals surface area (Å²) >= 11 is 0. The van der Waals surface area contributed by atoms with Crippen LogP contribution in [0.2, 0.25) is 0 Å². The Kier molecular flexibility index (Phi) is 4.79. The molecule has 1 aromatic carbocycles. The molecule has 3 heterocycles. The van der Waals surface area contributed by atoms with Crippen molar-refractivity contribution < 1.29 is 27.1 Å². The smallest absolute Gasteiger partial charge is 0.287 e. The molecule has 0 bridgehead atoms. The predicted molar refractivity (Wildman–Crippen MR) is 95.1 cm³/mol. The number of sulfonamides is 1. The minimum Gasteiger partial charge on any atom is -0.454 e. The number of ether oxygens (including phenoxy) is 2. The lowest BCUT2D eigenvalue weighted by atomic mass is 10.2. The third-order valence-corrected chi connectivity index (χ3v) is 6.38. The summed E-state index contributed by atoms with van der Waals surface area (Å²) in [6, 6.07) is 8.10. The molecule has 0 radical (unpaired) electrons. The maximum atomic E-state index is 12.6. The molecule has 2 aromatic rings. The van der Waals surface area contributed by atoms with Crippen molar-refractivity contribution in [2.45, 2.75) is 30.9 Å². The van der Waals surface area contributed by atoms with E-state index in [0.717, 1.165) is 24.8 Å². The van der Waals surface area contributed by atoms with Crippen LogP contribution in [0.1, 0.15) is 35.4 Å². The average molecular weight is 392 g/mol. The Morgan fingerprint density at radius 3 is 2.63 bits per heavy atom. The predicted octanol–water partition coefficient (Wildman–Crippen LogP) is 2.11. The van der Waals surface area contributed by atoms with E-state index >= 15 is 0 Å². The van der Waals surface area contributed by atoms with Gasteiger partial charge in [-0.2, -0.15) is 4.31 Å². The molecule has 1 fully saturated rings. The number of carbonyl (C=O) groups is 1. The van der Waals surface area contributed by atoms with Crippen LogP contribution in [-0.2, 0) is 16.6 Å². The highest BCUT2D eigenvalue weighted by Gasteiger charge is 2.29. The summed E-state index contributed by atoms with van der Waals surface area (Å²) in [6.45, 7) is 1.40. The molecule has 8 nitrogen and oxygen atoms in total. The second-order valence-electron chi connectivity index (χ2n) is 6.45. The van der Waals surface area contributed by atoms with Gasteiger partial charge in [-0.15, -0.1) is 0 Å². The van der Waals surface area contributed by atoms with Crippen molar-refractivity contribution in [1.82, 2.24) is 9.62 Å². The van der Waals surface area contributed by atoms with Crippen molar-refractivity contribution in [3.63, 3.8) is 0 Å². The van der Waals surface area contributed by atoms with Gasteiger partial charge in [-0.3, -0.25) is 4.79 Å². The van der Waals surface area contributed by atoms with Crippen LogP contribution in [0.4, 0.5) is 0 Å². The zero-order chi connectivity index (χ0) is 18.9. The van der Waals surface area contributed by atoms with Crippen LogP contribution in [0.3, 0.4) is 0 Å². The van der Waals surface area contributed by atoms with Crippen LogP contribution in [0, 0.1) is 0 Å². The molecular weight excluding hydrogens is 372 g/mol.